The molecule has 0 unspecified atom stereocenters. The van der Waals surface area contributed by atoms with Gasteiger partial charge in [0.15, 0.2) is 4.80 Å². The van der Waals surface area contributed by atoms with Crippen LogP contribution in [0.1, 0.15) is 23.7 Å². The van der Waals surface area contributed by atoms with Gasteiger partial charge in [-0.3, -0.25) is 25.0 Å². The summed E-state index contributed by atoms with van der Waals surface area (Å²) in [5.41, 5.74) is 0.859. The van der Waals surface area contributed by atoms with Gasteiger partial charge in [-0.25, -0.2) is 0 Å². The average molecular weight is 386 g/mol. The lowest BCUT2D eigenvalue weighted by Crippen LogP contribution is -2.16. The molecule has 1 aromatic heterocycles. The molecule has 0 fully saturated rings. The van der Waals surface area contributed by atoms with Crippen molar-refractivity contribution in [2.45, 2.75) is 19.9 Å². The number of aryl methyl sites for hydroxylation is 1. The molecule has 0 aliphatic heterocycles. The number of benzene rings is 2. The zero-order valence-corrected chi connectivity index (χ0v) is 15.0. The highest BCUT2D eigenvalue weighted by atomic mass is 32.1. The lowest BCUT2D eigenvalue weighted by Gasteiger charge is -2.02. The molecule has 0 spiro atoms. The lowest BCUT2D eigenvalue weighted by atomic mass is 10.2. The van der Waals surface area contributed by atoms with Crippen LogP contribution in [0.3, 0.4) is 0 Å². The molecule has 3 aromatic rings. The number of carbonyl (C=O) groups excluding carboxylic acids is 1. The summed E-state index contributed by atoms with van der Waals surface area (Å²) in [5.74, 6) is -0.532. The first-order valence-electron chi connectivity index (χ1n) is 8.02. The monoisotopic (exact) mass is 386 g/mol. The summed E-state index contributed by atoms with van der Waals surface area (Å²) < 4.78 is 2.50. The van der Waals surface area contributed by atoms with Gasteiger partial charge >= 0.3 is 0 Å². The van der Waals surface area contributed by atoms with Crippen molar-refractivity contribution in [2.24, 2.45) is 4.99 Å². The van der Waals surface area contributed by atoms with Crippen molar-refractivity contribution in [2.75, 3.05) is 0 Å². The molecule has 1 amide bonds. The molecule has 0 saturated heterocycles. The number of thiazole rings is 1. The van der Waals surface area contributed by atoms with Crippen LogP contribution in [-0.2, 0) is 6.54 Å². The summed E-state index contributed by atoms with van der Waals surface area (Å²) in [5, 5.41) is 21.7. The van der Waals surface area contributed by atoms with Gasteiger partial charge in [0.1, 0.15) is 0 Å². The van der Waals surface area contributed by atoms with Crippen molar-refractivity contribution < 1.29 is 14.6 Å². The van der Waals surface area contributed by atoms with Gasteiger partial charge in [0.2, 0.25) is 0 Å². The van der Waals surface area contributed by atoms with E-state index in [9.17, 15) is 25.0 Å². The second-order valence-electron chi connectivity index (χ2n) is 5.67. The van der Waals surface area contributed by atoms with E-state index in [-0.39, 0.29) is 16.9 Å². The maximum atomic E-state index is 12.5. The topological polar surface area (TPSA) is 121 Å². The maximum absolute atomic E-state index is 12.5. The van der Waals surface area contributed by atoms with Crippen LogP contribution >= 0.6 is 11.3 Å². The zero-order valence-electron chi connectivity index (χ0n) is 14.2. The summed E-state index contributed by atoms with van der Waals surface area (Å²) in [4.78, 5) is 37.7. The molecule has 3 rings (SSSR count). The van der Waals surface area contributed by atoms with E-state index < -0.39 is 15.8 Å². The van der Waals surface area contributed by atoms with E-state index in [1.54, 1.807) is 6.07 Å². The third-order valence-corrected chi connectivity index (χ3v) is 4.89. The van der Waals surface area contributed by atoms with Crippen molar-refractivity contribution in [3.63, 3.8) is 0 Å². The van der Waals surface area contributed by atoms with Crippen LogP contribution in [0, 0.1) is 20.2 Å². The third kappa shape index (κ3) is 3.75. The maximum Gasteiger partial charge on any atom is 0.279 e. The molecule has 0 aliphatic rings. The largest absolute Gasteiger partial charge is 0.316 e. The number of fused-ring (bicyclic) bond motifs is 1. The number of aromatic nitrogens is 1. The summed E-state index contributed by atoms with van der Waals surface area (Å²) in [6.45, 7) is 2.58. The average Bonchev–Trinajstić information content (AvgIpc) is 2.98. The van der Waals surface area contributed by atoms with E-state index in [0.29, 0.717) is 16.0 Å². The normalized spacial score (nSPS) is 11.7. The van der Waals surface area contributed by atoms with Crippen molar-refractivity contribution >= 4 is 38.8 Å². The first-order chi connectivity index (χ1) is 12.9. The first kappa shape index (κ1) is 18.4. The van der Waals surface area contributed by atoms with Crippen molar-refractivity contribution in [1.82, 2.24) is 4.57 Å². The molecule has 0 bridgehead atoms. The van der Waals surface area contributed by atoms with Crippen LogP contribution in [0.25, 0.3) is 10.2 Å². The fourth-order valence-corrected chi connectivity index (χ4v) is 3.67. The quantitative estimate of drug-likeness (QED) is 0.489. The van der Waals surface area contributed by atoms with E-state index >= 15 is 0 Å². The van der Waals surface area contributed by atoms with E-state index in [1.165, 1.54) is 47.7 Å². The Balaban J connectivity index is 2.07. The number of amides is 1. The molecule has 0 atom stereocenters. The Hall–Kier alpha value is -3.40. The van der Waals surface area contributed by atoms with E-state index in [1.807, 2.05) is 11.5 Å². The number of nitro benzene ring substituents is 2. The predicted molar refractivity (Wildman–Crippen MR) is 99.8 cm³/mol. The second-order valence-corrected chi connectivity index (χ2v) is 6.68. The Morgan fingerprint density at radius 2 is 1.70 bits per heavy atom. The molecule has 138 valence electrons. The van der Waals surface area contributed by atoms with Crippen LogP contribution in [0.5, 0.6) is 0 Å². The van der Waals surface area contributed by atoms with Gasteiger partial charge in [-0.1, -0.05) is 18.3 Å². The molecule has 27 heavy (non-hydrogen) atoms. The molecule has 0 saturated carbocycles. The Morgan fingerprint density at radius 3 is 2.30 bits per heavy atom. The molecule has 9 nitrogen and oxygen atoms in total. The Morgan fingerprint density at radius 1 is 1.07 bits per heavy atom. The number of nitro groups is 2. The van der Waals surface area contributed by atoms with Gasteiger partial charge < -0.3 is 4.57 Å². The number of hydrogen-bond donors (Lipinski definition) is 0. The summed E-state index contributed by atoms with van der Waals surface area (Å²) in [6, 6.07) is 9.73. The minimum Gasteiger partial charge on any atom is -0.316 e. The molecule has 0 N–H and O–H groups in total. The zero-order chi connectivity index (χ0) is 19.6. The number of nitrogens with zero attached hydrogens (tertiary/aromatic N) is 4. The van der Waals surface area contributed by atoms with Gasteiger partial charge in [-0.2, -0.15) is 4.99 Å². The highest BCUT2D eigenvalue weighted by Crippen LogP contribution is 2.23. The van der Waals surface area contributed by atoms with Crippen molar-refractivity contribution in [3.05, 3.63) is 73.1 Å². The highest BCUT2D eigenvalue weighted by Gasteiger charge is 2.13. The summed E-state index contributed by atoms with van der Waals surface area (Å²) >= 11 is 1.19. The van der Waals surface area contributed by atoms with Gasteiger partial charge in [0.05, 0.1) is 20.1 Å². The smallest absolute Gasteiger partial charge is 0.279 e. The Bertz CT molecular complexity index is 1110. The molecule has 1 heterocycles. The van der Waals surface area contributed by atoms with Crippen LogP contribution in [0.15, 0.2) is 47.5 Å². The molecule has 10 heteroatoms. The summed E-state index contributed by atoms with van der Waals surface area (Å²) in [7, 11) is 0. The van der Waals surface area contributed by atoms with Gasteiger partial charge in [-0.05, 0) is 24.6 Å². The van der Waals surface area contributed by atoms with E-state index in [0.717, 1.165) is 11.9 Å². The molecule has 2 aromatic carbocycles. The molecular formula is C17H14N4O5S. The number of carbonyl (C=O) groups is 1. The van der Waals surface area contributed by atoms with E-state index in [4.69, 9.17) is 0 Å². The fourth-order valence-electron chi connectivity index (χ4n) is 2.58. The van der Waals surface area contributed by atoms with Gasteiger partial charge in [0, 0.05) is 36.4 Å². The summed E-state index contributed by atoms with van der Waals surface area (Å²) in [6.07, 6.45) is 0.793. The molecule has 0 radical (unpaired) electrons. The van der Waals surface area contributed by atoms with Crippen LogP contribution in [0.4, 0.5) is 11.4 Å². The third-order valence-electron chi connectivity index (χ3n) is 3.85. The Kier molecular flexibility index (Phi) is 5.08. The van der Waals surface area contributed by atoms with Gasteiger partial charge in [0.25, 0.3) is 17.3 Å². The van der Waals surface area contributed by atoms with Crippen LogP contribution in [0.2, 0.25) is 0 Å². The van der Waals surface area contributed by atoms with Gasteiger partial charge in [-0.15, -0.1) is 0 Å². The van der Waals surface area contributed by atoms with Crippen molar-refractivity contribution in [3.8, 4) is 0 Å². The predicted octanol–water partition coefficient (Wildman–Crippen LogP) is 3.67. The number of hydrogen-bond acceptors (Lipinski definition) is 6. The standard InChI is InChI=1S/C17H14N4O5S/c1-2-9-19-14-8-7-13(21(25)26)10-15(14)27-17(19)18-16(22)11-3-5-12(6-4-11)20(23)24/h3-8,10H,2,9H2,1H3. The fraction of sp³-hybridized carbons (Fsp3) is 0.176. The highest BCUT2D eigenvalue weighted by molar-refractivity contribution is 7.16. The van der Waals surface area contributed by atoms with Crippen LogP contribution in [-0.4, -0.2) is 20.3 Å². The first-order valence-corrected chi connectivity index (χ1v) is 8.83. The minimum atomic E-state index is -0.542. The lowest BCUT2D eigenvalue weighted by molar-refractivity contribution is -0.385. The van der Waals surface area contributed by atoms with Crippen molar-refractivity contribution in [1.29, 1.82) is 0 Å². The van der Waals surface area contributed by atoms with Crippen LogP contribution < -0.4 is 4.80 Å². The number of non-ortho nitro benzene ring substituents is 2. The Labute approximate surface area is 156 Å². The molecule has 0 aliphatic carbocycles. The van der Waals surface area contributed by atoms with E-state index in [2.05, 4.69) is 4.99 Å². The SMILES string of the molecule is CCCn1c(=NC(=O)c2ccc([N+](=O)[O-])cc2)sc2cc([N+](=O)[O-])ccc21. The second kappa shape index (κ2) is 7.46. The molecular weight excluding hydrogens is 372 g/mol. The minimum absolute atomic E-state index is 0.0272. The number of rotatable bonds is 5.